The molecule has 0 saturated carbocycles. The normalized spacial score (nSPS) is 10.2. The molecule has 0 spiro atoms. The van der Waals surface area contributed by atoms with E-state index in [0.29, 0.717) is 13.1 Å². The molecule has 0 unspecified atom stereocenters. The third kappa shape index (κ3) is 3.68. The van der Waals surface area contributed by atoms with Crippen molar-refractivity contribution in [1.29, 1.82) is 0 Å². The van der Waals surface area contributed by atoms with E-state index < -0.39 is 0 Å². The molecule has 88 valence electrons. The maximum atomic E-state index is 11.3. The molecule has 1 rings (SSSR count). The number of carbonyl (C=O) groups is 2. The van der Waals surface area contributed by atoms with Crippen LogP contribution in [0.25, 0.3) is 0 Å². The summed E-state index contributed by atoms with van der Waals surface area (Å²) < 4.78 is 0. The van der Waals surface area contributed by atoms with Crippen LogP contribution in [-0.2, 0) is 4.79 Å². The quantitative estimate of drug-likeness (QED) is 0.577. The van der Waals surface area contributed by atoms with Gasteiger partial charge in [-0.3, -0.25) is 14.7 Å². The summed E-state index contributed by atoms with van der Waals surface area (Å²) >= 11 is 0. The summed E-state index contributed by atoms with van der Waals surface area (Å²) in [5, 5.41) is 11.3. The molecule has 0 bridgehead atoms. The Hall–Kier alpha value is -1.92. The van der Waals surface area contributed by atoms with Crippen LogP contribution in [0.3, 0.4) is 0 Å². The molecular weight excluding hydrogens is 210 g/mol. The summed E-state index contributed by atoms with van der Waals surface area (Å²) in [6.07, 6.45) is 1.26. The first-order chi connectivity index (χ1) is 7.61. The fraction of sp³-hybridized carbons (Fsp3) is 0.556. The minimum absolute atomic E-state index is 0.0334. The standard InChI is InChI=1S/C9H15N5O2/c1-6(2)8(15)10-3-4-11-9(16)7-12-5-13-14-7/h5-6H,3-4H2,1-2H3,(H,10,15)(H,11,16)(H,12,13,14). The number of rotatable bonds is 5. The first-order valence-electron chi connectivity index (χ1n) is 5.02. The zero-order valence-electron chi connectivity index (χ0n) is 9.28. The van der Waals surface area contributed by atoms with Crippen molar-refractivity contribution in [3.8, 4) is 0 Å². The van der Waals surface area contributed by atoms with Crippen LogP contribution < -0.4 is 10.6 Å². The van der Waals surface area contributed by atoms with Crippen molar-refractivity contribution in [1.82, 2.24) is 25.8 Å². The van der Waals surface area contributed by atoms with E-state index in [9.17, 15) is 9.59 Å². The minimum Gasteiger partial charge on any atom is -0.354 e. The minimum atomic E-state index is -0.337. The van der Waals surface area contributed by atoms with Gasteiger partial charge in [-0.1, -0.05) is 13.8 Å². The molecule has 0 aromatic carbocycles. The third-order valence-corrected chi connectivity index (χ3v) is 1.86. The number of aromatic amines is 1. The molecule has 1 aromatic heterocycles. The van der Waals surface area contributed by atoms with Crippen molar-refractivity contribution in [3.63, 3.8) is 0 Å². The Labute approximate surface area is 93.0 Å². The summed E-state index contributed by atoms with van der Waals surface area (Å²) in [7, 11) is 0. The van der Waals surface area contributed by atoms with Gasteiger partial charge in [0.05, 0.1) is 0 Å². The molecule has 0 aliphatic rings. The monoisotopic (exact) mass is 225 g/mol. The fourth-order valence-corrected chi connectivity index (χ4v) is 0.964. The van der Waals surface area contributed by atoms with Crippen LogP contribution in [0.2, 0.25) is 0 Å². The van der Waals surface area contributed by atoms with E-state index in [0.717, 1.165) is 0 Å². The van der Waals surface area contributed by atoms with E-state index in [1.165, 1.54) is 6.33 Å². The molecule has 0 radical (unpaired) electrons. The summed E-state index contributed by atoms with van der Waals surface area (Å²) in [5.74, 6) is -0.259. The van der Waals surface area contributed by atoms with Crippen LogP contribution in [0.1, 0.15) is 24.5 Å². The molecule has 16 heavy (non-hydrogen) atoms. The van der Waals surface area contributed by atoms with E-state index in [4.69, 9.17) is 0 Å². The van der Waals surface area contributed by atoms with E-state index in [1.54, 1.807) is 0 Å². The number of nitrogens with zero attached hydrogens (tertiary/aromatic N) is 2. The molecule has 1 heterocycles. The lowest BCUT2D eigenvalue weighted by Gasteiger charge is -2.07. The van der Waals surface area contributed by atoms with Crippen LogP contribution >= 0.6 is 0 Å². The highest BCUT2D eigenvalue weighted by atomic mass is 16.2. The second kappa shape index (κ2) is 5.84. The maximum Gasteiger partial charge on any atom is 0.288 e. The molecule has 0 atom stereocenters. The van der Waals surface area contributed by atoms with Crippen molar-refractivity contribution in [2.24, 2.45) is 5.92 Å². The van der Waals surface area contributed by atoms with Gasteiger partial charge in [0.25, 0.3) is 5.91 Å². The van der Waals surface area contributed by atoms with Gasteiger partial charge in [-0.15, -0.1) is 0 Å². The van der Waals surface area contributed by atoms with Gasteiger partial charge in [0, 0.05) is 19.0 Å². The van der Waals surface area contributed by atoms with E-state index in [-0.39, 0.29) is 23.6 Å². The molecule has 3 N–H and O–H groups in total. The molecule has 2 amide bonds. The molecular formula is C9H15N5O2. The first kappa shape index (κ1) is 12.2. The summed E-state index contributed by atoms with van der Waals surface area (Å²) in [5.41, 5.74) is 0. The lowest BCUT2D eigenvalue weighted by molar-refractivity contribution is -0.123. The second-order valence-electron chi connectivity index (χ2n) is 3.54. The van der Waals surface area contributed by atoms with Crippen LogP contribution in [-0.4, -0.2) is 40.1 Å². The predicted octanol–water partition coefficient (Wildman–Crippen LogP) is -0.693. The summed E-state index contributed by atoms with van der Waals surface area (Å²) in [6, 6.07) is 0. The van der Waals surface area contributed by atoms with Gasteiger partial charge >= 0.3 is 0 Å². The zero-order chi connectivity index (χ0) is 12.0. The molecule has 1 aromatic rings. The topological polar surface area (TPSA) is 99.8 Å². The van der Waals surface area contributed by atoms with Gasteiger partial charge in [-0.05, 0) is 0 Å². The van der Waals surface area contributed by atoms with Crippen molar-refractivity contribution in [3.05, 3.63) is 12.2 Å². The fourth-order valence-electron chi connectivity index (χ4n) is 0.964. The Morgan fingerprint density at radius 1 is 1.38 bits per heavy atom. The van der Waals surface area contributed by atoms with Crippen LogP contribution in [0.15, 0.2) is 6.33 Å². The Morgan fingerprint density at radius 2 is 2.06 bits per heavy atom. The number of aromatic nitrogens is 3. The number of hydrogen-bond acceptors (Lipinski definition) is 4. The van der Waals surface area contributed by atoms with Crippen molar-refractivity contribution >= 4 is 11.8 Å². The van der Waals surface area contributed by atoms with Gasteiger partial charge in [-0.2, -0.15) is 5.10 Å². The maximum absolute atomic E-state index is 11.3. The number of H-pyrrole nitrogens is 1. The highest BCUT2D eigenvalue weighted by Crippen LogP contribution is 1.89. The average molecular weight is 225 g/mol. The Kier molecular flexibility index (Phi) is 4.43. The van der Waals surface area contributed by atoms with Gasteiger partial charge in [0.2, 0.25) is 11.7 Å². The summed E-state index contributed by atoms with van der Waals surface area (Å²) in [4.78, 5) is 26.2. The van der Waals surface area contributed by atoms with Crippen molar-refractivity contribution < 1.29 is 9.59 Å². The van der Waals surface area contributed by atoms with Crippen molar-refractivity contribution in [2.45, 2.75) is 13.8 Å². The number of nitrogens with one attached hydrogen (secondary N) is 3. The van der Waals surface area contributed by atoms with E-state index in [1.807, 2.05) is 13.8 Å². The van der Waals surface area contributed by atoms with Crippen LogP contribution in [0.5, 0.6) is 0 Å². The van der Waals surface area contributed by atoms with Gasteiger partial charge in [-0.25, -0.2) is 4.98 Å². The first-order valence-corrected chi connectivity index (χ1v) is 5.02. The highest BCUT2D eigenvalue weighted by molar-refractivity contribution is 5.90. The SMILES string of the molecule is CC(C)C(=O)NCCNC(=O)c1ncn[nH]1. The third-order valence-electron chi connectivity index (χ3n) is 1.86. The zero-order valence-corrected chi connectivity index (χ0v) is 9.28. The number of hydrogen-bond donors (Lipinski definition) is 3. The van der Waals surface area contributed by atoms with Gasteiger partial charge in [0.1, 0.15) is 6.33 Å². The molecule has 0 saturated heterocycles. The summed E-state index contributed by atoms with van der Waals surface area (Å²) in [6.45, 7) is 4.37. The average Bonchev–Trinajstić information content (AvgIpc) is 2.76. The molecule has 0 aliphatic carbocycles. The molecule has 7 nitrogen and oxygen atoms in total. The lowest BCUT2D eigenvalue weighted by atomic mass is 10.2. The van der Waals surface area contributed by atoms with E-state index >= 15 is 0 Å². The van der Waals surface area contributed by atoms with Crippen LogP contribution in [0.4, 0.5) is 0 Å². The lowest BCUT2D eigenvalue weighted by Crippen LogP contribution is -2.36. The van der Waals surface area contributed by atoms with Gasteiger partial charge < -0.3 is 10.6 Å². The number of carbonyl (C=O) groups excluding carboxylic acids is 2. The highest BCUT2D eigenvalue weighted by Gasteiger charge is 2.08. The van der Waals surface area contributed by atoms with E-state index in [2.05, 4.69) is 25.8 Å². The Balaban J connectivity index is 2.17. The Morgan fingerprint density at radius 3 is 2.62 bits per heavy atom. The second-order valence-corrected chi connectivity index (χ2v) is 3.54. The van der Waals surface area contributed by atoms with Crippen LogP contribution in [0, 0.1) is 5.92 Å². The molecule has 0 aliphatic heterocycles. The molecule has 7 heteroatoms. The molecule has 0 fully saturated rings. The van der Waals surface area contributed by atoms with Gasteiger partial charge in [0.15, 0.2) is 0 Å². The number of amides is 2. The van der Waals surface area contributed by atoms with Crippen molar-refractivity contribution in [2.75, 3.05) is 13.1 Å². The smallest absolute Gasteiger partial charge is 0.288 e. The Bertz CT molecular complexity index is 347. The predicted molar refractivity (Wildman–Crippen MR) is 56.6 cm³/mol. The largest absolute Gasteiger partial charge is 0.354 e.